The Morgan fingerprint density at radius 1 is 1.67 bits per heavy atom. The zero-order chi connectivity index (χ0) is 6.69. The highest BCUT2D eigenvalue weighted by Crippen LogP contribution is 2.17. The molecule has 1 saturated heterocycles. The molecule has 1 fully saturated rings. The molecule has 1 unspecified atom stereocenters. The fraction of sp³-hybridized carbons (Fsp3) is 0.714. The van der Waals surface area contributed by atoms with E-state index in [1.54, 1.807) is 0 Å². The third-order valence-electron chi connectivity index (χ3n) is 1.50. The van der Waals surface area contributed by atoms with Crippen LogP contribution in [0.4, 0.5) is 0 Å². The minimum atomic E-state index is -0.0536. The lowest BCUT2D eigenvalue weighted by Crippen LogP contribution is -2.12. The van der Waals surface area contributed by atoms with E-state index in [9.17, 15) is 0 Å². The van der Waals surface area contributed by atoms with Crippen LogP contribution < -0.4 is 0 Å². The Labute approximate surface area is 54.8 Å². The van der Waals surface area contributed by atoms with Crippen LogP contribution in [0, 0.1) is 12.3 Å². The average molecular weight is 126 g/mol. The number of rotatable bonds is 1. The van der Waals surface area contributed by atoms with Crippen molar-refractivity contribution >= 4 is 0 Å². The van der Waals surface area contributed by atoms with Crippen molar-refractivity contribution in [1.82, 2.24) is 0 Å². The highest BCUT2D eigenvalue weighted by Gasteiger charge is 2.22. The largest absolute Gasteiger partial charge is 0.394 e. The molecule has 0 aliphatic carbocycles. The molecule has 9 heavy (non-hydrogen) atoms. The Bertz CT molecular complexity index is 125. The van der Waals surface area contributed by atoms with E-state index in [4.69, 9.17) is 16.3 Å². The maximum Gasteiger partial charge on any atom is 0.118 e. The van der Waals surface area contributed by atoms with Crippen molar-refractivity contribution in [3.63, 3.8) is 0 Å². The maximum absolute atomic E-state index is 8.59. The molecule has 0 amide bonds. The van der Waals surface area contributed by atoms with Gasteiger partial charge in [-0.3, -0.25) is 0 Å². The molecular formula is C7H10O2. The van der Waals surface area contributed by atoms with Crippen molar-refractivity contribution < 1.29 is 9.84 Å². The summed E-state index contributed by atoms with van der Waals surface area (Å²) < 4.78 is 5.17. The van der Waals surface area contributed by atoms with Gasteiger partial charge in [0.2, 0.25) is 0 Å². The van der Waals surface area contributed by atoms with E-state index in [0.29, 0.717) is 0 Å². The van der Waals surface area contributed by atoms with Crippen molar-refractivity contribution in [2.75, 3.05) is 6.61 Å². The smallest absolute Gasteiger partial charge is 0.118 e. The molecular weight excluding hydrogens is 116 g/mol. The lowest BCUT2D eigenvalue weighted by atomic mass is 10.2. The van der Waals surface area contributed by atoms with Gasteiger partial charge < -0.3 is 9.84 Å². The second kappa shape index (κ2) is 2.86. The quantitative estimate of drug-likeness (QED) is 0.507. The van der Waals surface area contributed by atoms with Gasteiger partial charge in [-0.15, -0.1) is 6.42 Å². The Kier molecular flexibility index (Phi) is 2.10. The summed E-state index contributed by atoms with van der Waals surface area (Å²) in [7, 11) is 0. The zero-order valence-electron chi connectivity index (χ0n) is 5.21. The molecule has 2 heteroatoms. The molecule has 0 spiro atoms. The fourth-order valence-electron chi connectivity index (χ4n) is 0.963. The van der Waals surface area contributed by atoms with Crippen LogP contribution >= 0.6 is 0 Å². The normalized spacial score (nSPS) is 34.2. The van der Waals surface area contributed by atoms with Crippen molar-refractivity contribution in [1.29, 1.82) is 0 Å². The Balaban J connectivity index is 2.31. The van der Waals surface area contributed by atoms with Gasteiger partial charge in [-0.2, -0.15) is 0 Å². The van der Waals surface area contributed by atoms with E-state index in [1.165, 1.54) is 0 Å². The standard InChI is InChI=1S/C7H10O2/c1-2-6-3-4-7(5-8)9-6/h1,6-8H,3-5H2/t6?,7-/m0/s1. The number of ether oxygens (including phenoxy) is 1. The molecule has 0 saturated carbocycles. The van der Waals surface area contributed by atoms with Crippen molar-refractivity contribution in [2.24, 2.45) is 0 Å². The summed E-state index contributed by atoms with van der Waals surface area (Å²) in [5.74, 6) is 2.49. The molecule has 1 N–H and O–H groups in total. The fourth-order valence-corrected chi connectivity index (χ4v) is 0.963. The molecule has 1 rings (SSSR count). The molecule has 2 atom stereocenters. The molecule has 2 nitrogen and oxygen atoms in total. The summed E-state index contributed by atoms with van der Waals surface area (Å²) in [6.45, 7) is 0.0954. The third kappa shape index (κ3) is 1.44. The highest BCUT2D eigenvalue weighted by molar-refractivity contribution is 4.97. The first-order chi connectivity index (χ1) is 4.36. The van der Waals surface area contributed by atoms with Crippen LogP contribution in [0.5, 0.6) is 0 Å². The van der Waals surface area contributed by atoms with Crippen molar-refractivity contribution in [3.05, 3.63) is 0 Å². The predicted molar refractivity (Wildman–Crippen MR) is 33.8 cm³/mol. The van der Waals surface area contributed by atoms with Crippen LogP contribution in [-0.2, 0) is 4.74 Å². The lowest BCUT2D eigenvalue weighted by molar-refractivity contribution is 0.0347. The van der Waals surface area contributed by atoms with E-state index < -0.39 is 0 Å². The van der Waals surface area contributed by atoms with Crippen LogP contribution in [0.3, 0.4) is 0 Å². The first-order valence-electron chi connectivity index (χ1n) is 3.09. The number of terminal acetylenes is 1. The van der Waals surface area contributed by atoms with E-state index in [-0.39, 0.29) is 18.8 Å². The summed E-state index contributed by atoms with van der Waals surface area (Å²) in [6.07, 6.45) is 6.82. The minimum Gasteiger partial charge on any atom is -0.394 e. The van der Waals surface area contributed by atoms with Gasteiger partial charge in [0.1, 0.15) is 6.10 Å². The Hall–Kier alpha value is -0.520. The molecule has 0 aromatic carbocycles. The Morgan fingerprint density at radius 3 is 2.78 bits per heavy atom. The number of hydrogen-bond acceptors (Lipinski definition) is 2. The monoisotopic (exact) mass is 126 g/mol. The number of aliphatic hydroxyl groups excluding tert-OH is 1. The second-order valence-corrected chi connectivity index (χ2v) is 2.17. The predicted octanol–water partition coefficient (Wildman–Crippen LogP) is 0.160. The summed E-state index contributed by atoms with van der Waals surface area (Å²) in [5, 5.41) is 8.59. The average Bonchev–Trinajstić information content (AvgIpc) is 2.34. The SMILES string of the molecule is C#CC1CC[C@@H](CO)O1. The van der Waals surface area contributed by atoms with E-state index in [2.05, 4.69) is 5.92 Å². The Morgan fingerprint density at radius 2 is 2.44 bits per heavy atom. The first kappa shape index (κ1) is 6.60. The van der Waals surface area contributed by atoms with Gasteiger partial charge in [0, 0.05) is 0 Å². The lowest BCUT2D eigenvalue weighted by Gasteiger charge is -2.04. The number of hydrogen-bond donors (Lipinski definition) is 1. The highest BCUT2D eigenvalue weighted by atomic mass is 16.5. The van der Waals surface area contributed by atoms with Gasteiger partial charge in [-0.1, -0.05) is 5.92 Å². The summed E-state index contributed by atoms with van der Waals surface area (Å²) in [5.41, 5.74) is 0. The van der Waals surface area contributed by atoms with Crippen LogP contribution in [-0.4, -0.2) is 23.9 Å². The van der Waals surface area contributed by atoms with Crippen molar-refractivity contribution in [3.8, 4) is 12.3 Å². The summed E-state index contributed by atoms with van der Waals surface area (Å²) in [6, 6.07) is 0. The van der Waals surface area contributed by atoms with Gasteiger partial charge in [0.25, 0.3) is 0 Å². The van der Waals surface area contributed by atoms with Gasteiger partial charge in [0.05, 0.1) is 12.7 Å². The molecule has 50 valence electrons. The molecule has 0 radical (unpaired) electrons. The molecule has 0 aromatic rings. The molecule has 1 aliphatic heterocycles. The summed E-state index contributed by atoms with van der Waals surface area (Å²) in [4.78, 5) is 0. The van der Waals surface area contributed by atoms with Crippen LogP contribution in [0.1, 0.15) is 12.8 Å². The van der Waals surface area contributed by atoms with E-state index in [0.717, 1.165) is 12.8 Å². The summed E-state index contributed by atoms with van der Waals surface area (Å²) >= 11 is 0. The maximum atomic E-state index is 8.59. The molecule has 1 heterocycles. The first-order valence-corrected chi connectivity index (χ1v) is 3.09. The van der Waals surface area contributed by atoms with E-state index >= 15 is 0 Å². The van der Waals surface area contributed by atoms with Gasteiger partial charge in [0.15, 0.2) is 0 Å². The number of aliphatic hydroxyl groups is 1. The molecule has 1 aliphatic rings. The molecule has 0 aromatic heterocycles. The topological polar surface area (TPSA) is 29.5 Å². The van der Waals surface area contributed by atoms with Crippen LogP contribution in [0.15, 0.2) is 0 Å². The third-order valence-corrected chi connectivity index (χ3v) is 1.50. The minimum absolute atomic E-state index is 0.00829. The van der Waals surface area contributed by atoms with Gasteiger partial charge >= 0.3 is 0 Å². The second-order valence-electron chi connectivity index (χ2n) is 2.17. The zero-order valence-corrected chi connectivity index (χ0v) is 5.21. The van der Waals surface area contributed by atoms with Crippen molar-refractivity contribution in [2.45, 2.75) is 25.0 Å². The molecule has 0 bridgehead atoms. The van der Waals surface area contributed by atoms with Gasteiger partial charge in [-0.05, 0) is 12.8 Å². The van der Waals surface area contributed by atoms with Crippen LogP contribution in [0.25, 0.3) is 0 Å². The van der Waals surface area contributed by atoms with Gasteiger partial charge in [-0.25, -0.2) is 0 Å². The van der Waals surface area contributed by atoms with Crippen LogP contribution in [0.2, 0.25) is 0 Å². The van der Waals surface area contributed by atoms with E-state index in [1.807, 2.05) is 0 Å².